The van der Waals surface area contributed by atoms with E-state index in [2.05, 4.69) is 12.1 Å². The van der Waals surface area contributed by atoms with Crippen LogP contribution in [0.15, 0.2) is 78.9 Å². The minimum Gasteiger partial charge on any atom is -0.307 e. The number of halogens is 5. The second-order valence-electron chi connectivity index (χ2n) is 9.44. The van der Waals surface area contributed by atoms with Gasteiger partial charge in [0.1, 0.15) is 17.8 Å². The first-order valence-corrected chi connectivity index (χ1v) is 12.3. The molecular weight excluding hydrogens is 535 g/mol. The lowest BCUT2D eigenvalue weighted by Crippen LogP contribution is -2.09. The van der Waals surface area contributed by atoms with E-state index in [1.54, 1.807) is 65.2 Å². The molecule has 0 saturated carbocycles. The summed E-state index contributed by atoms with van der Waals surface area (Å²) in [5.74, 6) is -10.2. The first-order chi connectivity index (χ1) is 19.9. The summed E-state index contributed by atoms with van der Waals surface area (Å²) >= 11 is 0. The molecule has 0 saturated heterocycles. The van der Waals surface area contributed by atoms with Crippen molar-refractivity contribution >= 4 is 43.6 Å². The van der Waals surface area contributed by atoms with Gasteiger partial charge in [0, 0.05) is 21.5 Å². The van der Waals surface area contributed by atoms with E-state index < -0.39 is 34.8 Å². The summed E-state index contributed by atoms with van der Waals surface area (Å²) in [5.41, 5.74) is 1.47. The highest BCUT2D eigenvalue weighted by Crippen LogP contribution is 2.41. The quantitative estimate of drug-likeness (QED) is 0.124. The second-order valence-corrected chi connectivity index (χ2v) is 9.44. The van der Waals surface area contributed by atoms with Crippen LogP contribution in [-0.4, -0.2) is 9.13 Å². The predicted molar refractivity (Wildman–Crippen MR) is 144 cm³/mol. The molecule has 5 aromatic carbocycles. The molecule has 2 heterocycles. The Kier molecular flexibility index (Phi) is 5.15. The minimum atomic E-state index is -2.24. The van der Waals surface area contributed by atoms with Gasteiger partial charge in [0.2, 0.25) is 5.82 Å². The van der Waals surface area contributed by atoms with E-state index in [1.165, 1.54) is 6.07 Å². The number of nitriles is 2. The van der Waals surface area contributed by atoms with E-state index in [9.17, 15) is 23.7 Å². The van der Waals surface area contributed by atoms with Gasteiger partial charge in [-0.1, -0.05) is 42.5 Å². The van der Waals surface area contributed by atoms with Crippen LogP contribution in [0.1, 0.15) is 11.1 Å². The molecule has 0 amide bonds. The van der Waals surface area contributed by atoms with E-state index >= 15 is 8.78 Å². The number of nitrogens with zero attached hydrogens (tertiary/aromatic N) is 4. The van der Waals surface area contributed by atoms with E-state index in [1.807, 2.05) is 12.1 Å². The third-order valence-electron chi connectivity index (χ3n) is 7.38. The van der Waals surface area contributed by atoms with Crippen molar-refractivity contribution in [2.75, 3.05) is 0 Å². The van der Waals surface area contributed by atoms with Crippen LogP contribution in [0.3, 0.4) is 0 Å². The van der Waals surface area contributed by atoms with Gasteiger partial charge in [-0.15, -0.1) is 0 Å². The maximum Gasteiger partial charge on any atom is 0.200 e. The van der Waals surface area contributed by atoms with Crippen molar-refractivity contribution in [1.82, 2.24) is 9.13 Å². The van der Waals surface area contributed by atoms with Crippen LogP contribution in [0.2, 0.25) is 0 Å². The van der Waals surface area contributed by atoms with Crippen molar-refractivity contribution in [2.24, 2.45) is 0 Å². The van der Waals surface area contributed by atoms with E-state index in [0.29, 0.717) is 38.3 Å². The van der Waals surface area contributed by atoms with Gasteiger partial charge in [0.05, 0.1) is 38.9 Å². The van der Waals surface area contributed by atoms with Crippen LogP contribution < -0.4 is 0 Å². The standard InChI is InChI=1S/C32H13F5N4/c33-26-27(34)29(36)32(30(37)28(26)35)41-23-11-4-2-9-19(23)21-12-24-20(13-25(21)41)18-8-1-3-10-22(18)40(24)31-16(14-38)6-5-7-17(31)15-39/h1-13H. The number of benzene rings is 5. The molecule has 0 atom stereocenters. The monoisotopic (exact) mass is 548 g/mol. The third-order valence-corrected chi connectivity index (χ3v) is 7.38. The average molecular weight is 548 g/mol. The fourth-order valence-electron chi connectivity index (χ4n) is 5.67. The number of fused-ring (bicyclic) bond motifs is 6. The lowest BCUT2D eigenvalue weighted by atomic mass is 10.1. The molecule has 0 aliphatic carbocycles. The van der Waals surface area contributed by atoms with Gasteiger partial charge >= 0.3 is 0 Å². The zero-order chi connectivity index (χ0) is 28.6. The largest absolute Gasteiger partial charge is 0.307 e. The lowest BCUT2D eigenvalue weighted by Gasteiger charge is -2.13. The highest BCUT2D eigenvalue weighted by molar-refractivity contribution is 6.19. The van der Waals surface area contributed by atoms with Gasteiger partial charge in [0.15, 0.2) is 23.3 Å². The lowest BCUT2D eigenvalue weighted by molar-refractivity contribution is 0.376. The Morgan fingerprint density at radius 3 is 1.32 bits per heavy atom. The van der Waals surface area contributed by atoms with Gasteiger partial charge in [-0.2, -0.15) is 10.5 Å². The number of aromatic nitrogens is 2. The molecule has 7 aromatic rings. The number of rotatable bonds is 2. The molecule has 0 spiro atoms. The first kappa shape index (κ1) is 24.4. The molecule has 0 aliphatic rings. The summed E-state index contributed by atoms with van der Waals surface area (Å²) in [5, 5.41) is 22.0. The Labute approximate surface area is 227 Å². The number of para-hydroxylation sites is 3. The number of hydrogen-bond acceptors (Lipinski definition) is 2. The second kappa shape index (κ2) is 8.67. The van der Waals surface area contributed by atoms with Gasteiger partial charge in [0.25, 0.3) is 0 Å². The summed E-state index contributed by atoms with van der Waals surface area (Å²) < 4.78 is 75.8. The summed E-state index contributed by atoms with van der Waals surface area (Å²) in [7, 11) is 0. The minimum absolute atomic E-state index is 0.207. The fraction of sp³-hybridized carbons (Fsp3) is 0. The Morgan fingerprint density at radius 2 is 0.854 bits per heavy atom. The smallest absolute Gasteiger partial charge is 0.200 e. The molecule has 7 rings (SSSR count). The molecule has 196 valence electrons. The summed E-state index contributed by atoms with van der Waals surface area (Å²) in [6, 6.07) is 26.2. The number of hydrogen-bond donors (Lipinski definition) is 0. The van der Waals surface area contributed by atoms with Crippen LogP contribution in [0.25, 0.3) is 55.0 Å². The van der Waals surface area contributed by atoms with E-state index in [-0.39, 0.29) is 22.2 Å². The molecule has 0 aliphatic heterocycles. The molecular formula is C32H13F5N4. The molecule has 0 fully saturated rings. The third kappa shape index (κ3) is 3.17. The fourth-order valence-corrected chi connectivity index (χ4v) is 5.67. The maximum atomic E-state index is 15.2. The van der Waals surface area contributed by atoms with Gasteiger partial charge in [-0.3, -0.25) is 0 Å². The highest BCUT2D eigenvalue weighted by Gasteiger charge is 2.29. The zero-order valence-electron chi connectivity index (χ0n) is 20.7. The molecule has 41 heavy (non-hydrogen) atoms. The molecule has 2 aromatic heterocycles. The summed E-state index contributed by atoms with van der Waals surface area (Å²) in [6.07, 6.45) is 0. The van der Waals surface area contributed by atoms with Crippen LogP contribution in [0.4, 0.5) is 22.0 Å². The van der Waals surface area contributed by atoms with E-state index in [4.69, 9.17) is 0 Å². The average Bonchev–Trinajstić information content (AvgIpc) is 3.49. The van der Waals surface area contributed by atoms with Crippen molar-refractivity contribution in [3.63, 3.8) is 0 Å². The molecule has 0 radical (unpaired) electrons. The van der Waals surface area contributed by atoms with Crippen molar-refractivity contribution in [3.05, 3.63) is 119 Å². The molecule has 4 nitrogen and oxygen atoms in total. The summed E-state index contributed by atoms with van der Waals surface area (Å²) in [4.78, 5) is 0. The van der Waals surface area contributed by atoms with Gasteiger partial charge < -0.3 is 9.13 Å². The van der Waals surface area contributed by atoms with Crippen LogP contribution in [0, 0.1) is 51.7 Å². The molecule has 0 bridgehead atoms. The Balaban J connectivity index is 1.72. The zero-order valence-corrected chi connectivity index (χ0v) is 20.7. The van der Waals surface area contributed by atoms with Crippen LogP contribution >= 0.6 is 0 Å². The molecule has 0 N–H and O–H groups in total. The summed E-state index contributed by atoms with van der Waals surface area (Å²) in [6.45, 7) is 0. The molecule has 9 heteroatoms. The van der Waals surface area contributed by atoms with Crippen molar-refractivity contribution in [3.8, 4) is 23.5 Å². The van der Waals surface area contributed by atoms with Crippen LogP contribution in [-0.2, 0) is 0 Å². The first-order valence-electron chi connectivity index (χ1n) is 12.3. The van der Waals surface area contributed by atoms with Crippen LogP contribution in [0.5, 0.6) is 0 Å². The Bertz CT molecular complexity index is 2290. The van der Waals surface area contributed by atoms with Crippen molar-refractivity contribution < 1.29 is 22.0 Å². The SMILES string of the molecule is N#Cc1cccc(C#N)c1-n1c2ccccc2c2cc3c(cc21)c1ccccc1n3-c1c(F)c(F)c(F)c(F)c1F. The topological polar surface area (TPSA) is 57.4 Å². The maximum absolute atomic E-state index is 15.2. The Hall–Kier alpha value is -5.67. The van der Waals surface area contributed by atoms with Crippen molar-refractivity contribution in [1.29, 1.82) is 10.5 Å². The highest BCUT2D eigenvalue weighted by atomic mass is 19.2. The van der Waals surface area contributed by atoms with Gasteiger partial charge in [-0.05, 0) is 36.4 Å². The van der Waals surface area contributed by atoms with E-state index in [0.717, 1.165) is 4.57 Å². The normalized spacial score (nSPS) is 11.5. The van der Waals surface area contributed by atoms with Gasteiger partial charge in [-0.25, -0.2) is 22.0 Å². The predicted octanol–water partition coefficient (Wildman–Crippen LogP) is 8.32. The molecule has 0 unspecified atom stereocenters. The van der Waals surface area contributed by atoms with Crippen molar-refractivity contribution in [2.45, 2.75) is 0 Å². The Morgan fingerprint density at radius 1 is 0.439 bits per heavy atom.